The number of carbonyl (C=O) groups excluding carboxylic acids is 1. The summed E-state index contributed by atoms with van der Waals surface area (Å²) in [5.41, 5.74) is -0.294. The molecular formula is C9H5Cl3O2S. The van der Waals surface area contributed by atoms with Crippen molar-refractivity contribution >= 4 is 52.5 Å². The maximum Gasteiger partial charge on any atom is 0.340 e. The van der Waals surface area contributed by atoms with Gasteiger partial charge in [0.05, 0.1) is 5.56 Å². The Morgan fingerprint density at radius 3 is 2.60 bits per heavy atom. The van der Waals surface area contributed by atoms with Gasteiger partial charge in [0.1, 0.15) is 0 Å². The molecule has 1 atom stereocenters. The van der Waals surface area contributed by atoms with Gasteiger partial charge in [-0.2, -0.15) is 0 Å². The Kier molecular flexibility index (Phi) is 3.08. The van der Waals surface area contributed by atoms with E-state index in [1.54, 1.807) is 18.2 Å². The van der Waals surface area contributed by atoms with E-state index in [0.29, 0.717) is 5.56 Å². The topological polar surface area (TPSA) is 26.3 Å². The highest BCUT2D eigenvalue weighted by atomic mass is 35.6. The first-order valence-electron chi connectivity index (χ1n) is 4.02. The van der Waals surface area contributed by atoms with Gasteiger partial charge < -0.3 is 4.74 Å². The van der Waals surface area contributed by atoms with Gasteiger partial charge in [-0.1, -0.05) is 58.7 Å². The minimum Gasteiger partial charge on any atom is -0.443 e. The van der Waals surface area contributed by atoms with Crippen molar-refractivity contribution in [2.24, 2.45) is 0 Å². The van der Waals surface area contributed by atoms with Crippen LogP contribution in [0.3, 0.4) is 0 Å². The van der Waals surface area contributed by atoms with E-state index in [-0.39, 0.29) is 0 Å². The maximum atomic E-state index is 11.5. The van der Waals surface area contributed by atoms with Crippen LogP contribution in [-0.2, 0) is 4.74 Å². The Balaban J connectivity index is 2.35. The van der Waals surface area contributed by atoms with Gasteiger partial charge in [-0.05, 0) is 12.1 Å². The summed E-state index contributed by atoms with van der Waals surface area (Å²) in [6, 6.07) is 7.05. The second-order valence-electron chi connectivity index (χ2n) is 2.89. The lowest BCUT2D eigenvalue weighted by molar-refractivity contribution is 0.0446. The molecular weight excluding hydrogens is 279 g/mol. The number of thioether (sulfide) groups is 1. The van der Waals surface area contributed by atoms with Crippen LogP contribution >= 0.6 is 46.6 Å². The fourth-order valence-electron chi connectivity index (χ4n) is 1.17. The van der Waals surface area contributed by atoms with Crippen LogP contribution in [0.5, 0.6) is 0 Å². The lowest BCUT2D eigenvalue weighted by Gasteiger charge is -2.28. The van der Waals surface area contributed by atoms with Gasteiger partial charge >= 0.3 is 5.97 Å². The molecule has 15 heavy (non-hydrogen) atoms. The number of fused-ring (bicyclic) bond motifs is 1. The van der Waals surface area contributed by atoms with Gasteiger partial charge in [-0.3, -0.25) is 0 Å². The number of rotatable bonds is 0. The molecule has 1 aliphatic rings. The molecule has 0 N–H and O–H groups in total. The number of halogens is 3. The van der Waals surface area contributed by atoms with Gasteiger partial charge in [-0.15, -0.1) is 0 Å². The molecule has 0 fully saturated rings. The third-order valence-corrected chi connectivity index (χ3v) is 4.08. The van der Waals surface area contributed by atoms with E-state index in [1.807, 2.05) is 6.07 Å². The summed E-state index contributed by atoms with van der Waals surface area (Å²) >= 11 is 18.3. The highest BCUT2D eigenvalue weighted by Gasteiger charge is 2.40. The van der Waals surface area contributed by atoms with E-state index in [0.717, 1.165) is 4.90 Å². The molecule has 0 aromatic heterocycles. The lowest BCUT2D eigenvalue weighted by atomic mass is 10.2. The van der Waals surface area contributed by atoms with E-state index >= 15 is 0 Å². The van der Waals surface area contributed by atoms with Crippen LogP contribution in [0, 0.1) is 0 Å². The summed E-state index contributed by atoms with van der Waals surface area (Å²) in [6.07, 6.45) is 0. The van der Waals surface area contributed by atoms with Gasteiger partial charge in [0.15, 0.2) is 5.44 Å². The molecule has 1 aromatic rings. The highest BCUT2D eigenvalue weighted by Crippen LogP contribution is 2.45. The summed E-state index contributed by atoms with van der Waals surface area (Å²) in [7, 11) is 0. The average molecular weight is 284 g/mol. The molecule has 80 valence electrons. The zero-order valence-corrected chi connectivity index (χ0v) is 10.3. The number of ether oxygens (including phenoxy) is 1. The Morgan fingerprint density at radius 2 is 1.93 bits per heavy atom. The first-order chi connectivity index (χ1) is 6.98. The molecule has 0 aliphatic carbocycles. The minimum atomic E-state index is -1.62. The van der Waals surface area contributed by atoms with Gasteiger partial charge in [-0.25, -0.2) is 4.79 Å². The fourth-order valence-corrected chi connectivity index (χ4v) is 2.64. The van der Waals surface area contributed by atoms with Crippen LogP contribution < -0.4 is 0 Å². The number of hydrogen-bond donors (Lipinski definition) is 0. The number of esters is 1. The van der Waals surface area contributed by atoms with Crippen molar-refractivity contribution in [3.63, 3.8) is 0 Å². The molecule has 2 nitrogen and oxygen atoms in total. The highest BCUT2D eigenvalue weighted by molar-refractivity contribution is 8.00. The maximum absolute atomic E-state index is 11.5. The van der Waals surface area contributed by atoms with Crippen molar-refractivity contribution in [2.45, 2.75) is 14.1 Å². The summed E-state index contributed by atoms with van der Waals surface area (Å²) in [4.78, 5) is 12.3. The molecule has 1 aromatic carbocycles. The van der Waals surface area contributed by atoms with Gasteiger partial charge in [0.2, 0.25) is 3.79 Å². The van der Waals surface area contributed by atoms with E-state index in [4.69, 9.17) is 39.5 Å². The van der Waals surface area contributed by atoms with E-state index in [9.17, 15) is 4.79 Å². The van der Waals surface area contributed by atoms with Crippen LogP contribution in [0.25, 0.3) is 0 Å². The summed E-state index contributed by atoms with van der Waals surface area (Å²) in [5, 5.41) is 0. The summed E-state index contributed by atoms with van der Waals surface area (Å²) in [6.45, 7) is 0. The second kappa shape index (κ2) is 4.06. The zero-order chi connectivity index (χ0) is 11.1. The van der Waals surface area contributed by atoms with Crippen LogP contribution in [0.2, 0.25) is 0 Å². The molecule has 0 saturated heterocycles. The summed E-state index contributed by atoms with van der Waals surface area (Å²) in [5.74, 6) is -0.458. The average Bonchev–Trinajstić information content (AvgIpc) is 2.16. The van der Waals surface area contributed by atoms with Crippen LogP contribution in [0.1, 0.15) is 10.4 Å². The Morgan fingerprint density at radius 1 is 1.27 bits per heavy atom. The first-order valence-corrected chi connectivity index (χ1v) is 6.03. The minimum absolute atomic E-state index is 0.458. The van der Waals surface area contributed by atoms with E-state index in [1.165, 1.54) is 11.8 Å². The molecule has 0 bridgehead atoms. The van der Waals surface area contributed by atoms with Crippen molar-refractivity contribution in [2.75, 3.05) is 0 Å². The third kappa shape index (κ3) is 2.36. The fraction of sp³-hybridized carbons (Fsp3) is 0.222. The Hall–Kier alpha value is -0.0900. The Labute approximate surface area is 106 Å². The molecule has 0 unspecified atom stereocenters. The first kappa shape index (κ1) is 11.4. The van der Waals surface area contributed by atoms with Crippen molar-refractivity contribution in [1.82, 2.24) is 0 Å². The molecule has 0 spiro atoms. The lowest BCUT2D eigenvalue weighted by Crippen LogP contribution is -2.31. The van der Waals surface area contributed by atoms with Gasteiger partial charge in [0.25, 0.3) is 0 Å². The molecule has 0 radical (unpaired) electrons. The molecule has 1 heterocycles. The number of cyclic esters (lactones) is 1. The second-order valence-corrected chi connectivity index (χ2v) is 6.37. The van der Waals surface area contributed by atoms with E-state index < -0.39 is 15.2 Å². The standard InChI is InChI=1S/C9H5Cl3O2S/c10-9(11,12)8-14-7(13)5-3-1-2-4-6(5)15-8/h1-4,8H/t8-/m1/s1. The monoisotopic (exact) mass is 282 g/mol. The Bertz CT molecular complexity index is 403. The molecule has 0 amide bonds. The molecule has 2 rings (SSSR count). The molecule has 0 saturated carbocycles. The molecule has 1 aliphatic heterocycles. The predicted octanol–water partition coefficient (Wildman–Crippen LogP) is 3.65. The quantitative estimate of drug-likeness (QED) is 0.537. The van der Waals surface area contributed by atoms with Crippen molar-refractivity contribution in [3.05, 3.63) is 29.8 Å². The SMILES string of the molecule is O=C1O[C@@H](C(Cl)(Cl)Cl)Sc2ccccc21. The predicted molar refractivity (Wildman–Crippen MR) is 61.8 cm³/mol. The summed E-state index contributed by atoms with van der Waals surface area (Å²) < 4.78 is 3.39. The normalized spacial score (nSPS) is 20.7. The third-order valence-electron chi connectivity index (χ3n) is 1.82. The van der Waals surface area contributed by atoms with E-state index in [2.05, 4.69) is 0 Å². The smallest absolute Gasteiger partial charge is 0.340 e. The van der Waals surface area contributed by atoms with Gasteiger partial charge in [0, 0.05) is 4.90 Å². The van der Waals surface area contributed by atoms with Crippen LogP contribution in [-0.4, -0.2) is 15.2 Å². The van der Waals surface area contributed by atoms with Crippen molar-refractivity contribution in [1.29, 1.82) is 0 Å². The largest absolute Gasteiger partial charge is 0.443 e. The van der Waals surface area contributed by atoms with Crippen molar-refractivity contribution < 1.29 is 9.53 Å². The molecule has 6 heteroatoms. The van der Waals surface area contributed by atoms with Crippen LogP contribution in [0.4, 0.5) is 0 Å². The number of alkyl halides is 3. The zero-order valence-electron chi connectivity index (χ0n) is 7.25. The van der Waals surface area contributed by atoms with Crippen LogP contribution in [0.15, 0.2) is 29.2 Å². The van der Waals surface area contributed by atoms with Crippen molar-refractivity contribution in [3.8, 4) is 0 Å². The number of hydrogen-bond acceptors (Lipinski definition) is 3. The number of benzene rings is 1. The number of carbonyl (C=O) groups is 1.